The predicted octanol–water partition coefficient (Wildman–Crippen LogP) is 3.89. The fourth-order valence-electron chi connectivity index (χ4n) is 4.71. The number of carbonyl (C=O) groups excluding carboxylic acids is 1. The topological polar surface area (TPSA) is 123 Å². The molecule has 5 aromatic rings. The summed E-state index contributed by atoms with van der Waals surface area (Å²) in [7, 11) is 1.90. The average molecular weight is 732 g/mol. The molecular weight excluding hydrogens is 707 g/mol. The molecule has 3 heterocycles. The molecule has 1 aliphatic carbocycles. The van der Waals surface area contributed by atoms with Crippen LogP contribution in [0.2, 0.25) is 0 Å². The van der Waals surface area contributed by atoms with Gasteiger partial charge in [-0.05, 0) is 0 Å². The molecule has 0 aliphatic heterocycles. The number of amides is 1. The number of aryl methyl sites for hydroxylation is 1. The zero-order chi connectivity index (χ0) is 29.4. The Morgan fingerprint density at radius 1 is 1.21 bits per heavy atom. The number of aliphatic imine (C=N–C) groups is 1. The van der Waals surface area contributed by atoms with Gasteiger partial charge in [0.15, 0.2) is 0 Å². The van der Waals surface area contributed by atoms with Crippen LogP contribution in [0.25, 0.3) is 33.2 Å². The zero-order valence-electron chi connectivity index (χ0n) is 22.5. The second-order valence-electron chi connectivity index (χ2n) is 10.1. The summed E-state index contributed by atoms with van der Waals surface area (Å²) < 4.78 is 17.3. The van der Waals surface area contributed by atoms with Crippen molar-refractivity contribution in [3.63, 3.8) is 0 Å². The van der Waals surface area contributed by atoms with Crippen LogP contribution in [0.4, 0.5) is 4.39 Å². The van der Waals surface area contributed by atoms with E-state index in [1.54, 1.807) is 23.3 Å². The van der Waals surface area contributed by atoms with Crippen molar-refractivity contribution in [1.29, 1.82) is 0 Å². The second-order valence-corrected chi connectivity index (χ2v) is 11.5. The number of halogens is 1. The first-order valence-electron chi connectivity index (χ1n) is 13.2. The average Bonchev–Trinajstić information content (AvgIpc) is 3.56. The van der Waals surface area contributed by atoms with Gasteiger partial charge in [-0.3, -0.25) is 0 Å². The van der Waals surface area contributed by atoms with Gasteiger partial charge < -0.3 is 0 Å². The number of H-pyrrole nitrogens is 1. The van der Waals surface area contributed by atoms with Crippen molar-refractivity contribution in [2.24, 2.45) is 12.0 Å². The van der Waals surface area contributed by atoms with Crippen LogP contribution in [0.1, 0.15) is 34.9 Å². The summed E-state index contributed by atoms with van der Waals surface area (Å²) in [6.45, 7) is 4.17. The van der Waals surface area contributed by atoms with Crippen LogP contribution in [0.15, 0.2) is 83.1 Å². The number of hydrogen-bond acceptors (Lipinski definition) is 6. The molecule has 12 heteroatoms. The minimum absolute atomic E-state index is 0.131. The summed E-state index contributed by atoms with van der Waals surface area (Å²) in [4.78, 5) is 30.9. The van der Waals surface area contributed by atoms with Crippen molar-refractivity contribution < 1.29 is 28.5 Å². The van der Waals surface area contributed by atoms with Crippen LogP contribution in [-0.4, -0.2) is 46.0 Å². The number of benzene rings is 2. The van der Waals surface area contributed by atoms with E-state index in [9.17, 15) is 14.0 Å². The number of aromatic nitrogens is 6. The number of allylic oxidation sites excluding steroid dienone is 1. The van der Waals surface area contributed by atoms with E-state index in [1.165, 1.54) is 24.3 Å². The van der Waals surface area contributed by atoms with Crippen molar-refractivity contribution in [3.8, 4) is 22.3 Å². The summed E-state index contributed by atoms with van der Waals surface area (Å²) >= 11 is 0.899. The molecule has 0 saturated heterocycles. The molecule has 1 saturated carbocycles. The van der Waals surface area contributed by atoms with Gasteiger partial charge in [0.25, 0.3) is 0 Å². The normalized spacial score (nSPS) is 13.1. The van der Waals surface area contributed by atoms with E-state index in [2.05, 4.69) is 49.4 Å². The number of aromatic amines is 1. The fourth-order valence-corrected chi connectivity index (χ4v) is 5.23. The quantitative estimate of drug-likeness (QED) is 0.223. The third-order valence-electron chi connectivity index (χ3n) is 7.01. The SMILES string of the molecule is C=C(/C=N\[C](=[W])NC(=O)c1nn(C2CC2)cc(-c2ccc(F)cc2)c1=O)Cc1cc2cnn(C)c2cc1-c1cn[nH]c1. The van der Waals surface area contributed by atoms with Crippen molar-refractivity contribution in [2.45, 2.75) is 25.3 Å². The van der Waals surface area contributed by atoms with Gasteiger partial charge in [-0.15, -0.1) is 0 Å². The Bertz CT molecular complexity index is 1940. The van der Waals surface area contributed by atoms with Crippen LogP contribution >= 0.6 is 0 Å². The number of rotatable bonds is 9. The van der Waals surface area contributed by atoms with Crippen molar-refractivity contribution in [1.82, 2.24) is 35.1 Å². The van der Waals surface area contributed by atoms with Gasteiger partial charge >= 0.3 is 251 Å². The molecule has 1 aliphatic rings. The Morgan fingerprint density at radius 2 is 2.00 bits per heavy atom. The molecule has 1 fully saturated rings. The van der Waals surface area contributed by atoms with Crippen molar-refractivity contribution >= 4 is 27.2 Å². The first-order valence-corrected chi connectivity index (χ1v) is 14.6. The zero-order valence-corrected chi connectivity index (χ0v) is 25.5. The molecule has 42 heavy (non-hydrogen) atoms. The Labute approximate surface area is 250 Å². The van der Waals surface area contributed by atoms with Crippen LogP contribution in [-0.2, 0) is 32.8 Å². The van der Waals surface area contributed by atoms with Crippen LogP contribution in [0, 0.1) is 5.82 Å². The summed E-state index contributed by atoms with van der Waals surface area (Å²) in [6, 6.07) is 9.90. The third-order valence-corrected chi connectivity index (χ3v) is 7.76. The Morgan fingerprint density at radius 3 is 2.71 bits per heavy atom. The molecule has 3 aromatic heterocycles. The maximum atomic E-state index is 13.5. The molecule has 0 radical (unpaired) electrons. The second kappa shape index (κ2) is 11.3. The van der Waals surface area contributed by atoms with Crippen LogP contribution in [0.5, 0.6) is 0 Å². The molecule has 2 N–H and O–H groups in total. The molecule has 0 bridgehead atoms. The Hall–Kier alpha value is -4.63. The predicted molar refractivity (Wildman–Crippen MR) is 154 cm³/mol. The molecule has 1 amide bonds. The first-order chi connectivity index (χ1) is 20.3. The molecule has 0 spiro atoms. The molecule has 10 nitrogen and oxygen atoms in total. The first kappa shape index (κ1) is 27.5. The van der Waals surface area contributed by atoms with Crippen molar-refractivity contribution in [3.05, 3.63) is 101 Å². The van der Waals surface area contributed by atoms with E-state index >= 15 is 0 Å². The van der Waals surface area contributed by atoms with Crippen LogP contribution < -0.4 is 10.7 Å². The summed E-state index contributed by atoms with van der Waals surface area (Å²) in [5.74, 6) is -1.05. The summed E-state index contributed by atoms with van der Waals surface area (Å²) in [6.07, 6.45) is 11.0. The third kappa shape index (κ3) is 5.73. The monoisotopic (exact) mass is 732 g/mol. The Kier molecular flexibility index (Phi) is 7.43. The Balaban J connectivity index is 1.19. The van der Waals surface area contributed by atoms with Gasteiger partial charge in [0.05, 0.1) is 0 Å². The van der Waals surface area contributed by atoms with E-state index in [0.717, 1.165) is 65.4 Å². The van der Waals surface area contributed by atoms with E-state index < -0.39 is 17.2 Å². The molecule has 6 rings (SSSR count). The van der Waals surface area contributed by atoms with Gasteiger partial charge in [-0.2, -0.15) is 0 Å². The number of fused-ring (bicyclic) bond motifs is 1. The minimum atomic E-state index is -0.643. The maximum absolute atomic E-state index is 13.5. The van der Waals surface area contributed by atoms with Crippen molar-refractivity contribution in [2.75, 3.05) is 0 Å². The fraction of sp³-hybridized carbons (Fsp3) is 0.167. The number of carbonyl (C=O) groups is 1. The number of nitrogens with zero attached hydrogens (tertiary/aromatic N) is 6. The van der Waals surface area contributed by atoms with Crippen LogP contribution in [0.3, 0.4) is 0 Å². The van der Waals surface area contributed by atoms with E-state index in [-0.39, 0.29) is 11.7 Å². The molecule has 2 aromatic carbocycles. The standard InChI is InChI=1S/C30H25FN8O2.W/c1-18(9-20-10-21-15-36-38(2)27(21)11-25(20)22-13-34-35-14-22)12-32-17-33-30(41)28-29(40)26(16-39(37-28)24-7-8-24)19-3-5-23(31)6-4-19;/h3-6,10-16,24H,1,7-9H2,2H3,(H,33,41)(H,34,35);/b32-12-;. The van der Waals surface area contributed by atoms with E-state index in [1.807, 2.05) is 24.1 Å². The number of hydrogen-bond donors (Lipinski definition) is 2. The van der Waals surface area contributed by atoms with Gasteiger partial charge in [0.2, 0.25) is 0 Å². The molecular formula is C30H25FN8O2W. The van der Waals surface area contributed by atoms with Gasteiger partial charge in [0, 0.05) is 0 Å². The molecule has 210 valence electrons. The van der Waals surface area contributed by atoms with E-state index in [4.69, 9.17) is 0 Å². The molecule has 0 unspecified atom stereocenters. The number of nitrogens with one attached hydrogen (secondary N) is 2. The van der Waals surface area contributed by atoms with Gasteiger partial charge in [0.1, 0.15) is 0 Å². The summed E-state index contributed by atoms with van der Waals surface area (Å²) in [5.41, 5.74) is 4.78. The van der Waals surface area contributed by atoms with Gasteiger partial charge in [-0.25, -0.2) is 0 Å². The van der Waals surface area contributed by atoms with E-state index in [0.29, 0.717) is 21.7 Å². The summed E-state index contributed by atoms with van der Waals surface area (Å²) in [5, 5.41) is 19.4. The van der Waals surface area contributed by atoms with Gasteiger partial charge in [-0.1, -0.05) is 0 Å². The molecule has 0 atom stereocenters.